The van der Waals surface area contributed by atoms with Crippen molar-refractivity contribution in [1.82, 2.24) is 15.0 Å². The fourth-order valence-electron chi connectivity index (χ4n) is 2.19. The molecule has 21 heavy (non-hydrogen) atoms. The SMILES string of the molecule is CCNc1nc(-c2ccccc2C)nc(N(CC)CC)n1. The smallest absolute Gasteiger partial charge is 0.230 e. The summed E-state index contributed by atoms with van der Waals surface area (Å²) >= 11 is 0. The molecule has 1 aromatic carbocycles. The molecule has 0 saturated carbocycles. The van der Waals surface area contributed by atoms with Gasteiger partial charge in [-0.15, -0.1) is 0 Å². The fraction of sp³-hybridized carbons (Fsp3) is 0.438. The highest BCUT2D eigenvalue weighted by molar-refractivity contribution is 5.62. The maximum atomic E-state index is 4.65. The monoisotopic (exact) mass is 285 g/mol. The summed E-state index contributed by atoms with van der Waals surface area (Å²) in [7, 11) is 0. The molecular weight excluding hydrogens is 262 g/mol. The van der Waals surface area contributed by atoms with E-state index in [1.54, 1.807) is 0 Å². The first kappa shape index (κ1) is 15.2. The number of hydrogen-bond donors (Lipinski definition) is 1. The quantitative estimate of drug-likeness (QED) is 0.883. The summed E-state index contributed by atoms with van der Waals surface area (Å²) < 4.78 is 0. The summed E-state index contributed by atoms with van der Waals surface area (Å²) in [5.74, 6) is 2.08. The largest absolute Gasteiger partial charge is 0.354 e. The van der Waals surface area contributed by atoms with Crippen LogP contribution in [0.3, 0.4) is 0 Å². The third-order valence-electron chi connectivity index (χ3n) is 3.39. The van der Waals surface area contributed by atoms with Gasteiger partial charge < -0.3 is 10.2 Å². The number of aryl methyl sites for hydroxylation is 1. The van der Waals surface area contributed by atoms with Gasteiger partial charge in [0, 0.05) is 25.2 Å². The maximum Gasteiger partial charge on any atom is 0.230 e. The second kappa shape index (κ2) is 7.02. The number of aromatic nitrogens is 3. The molecule has 1 N–H and O–H groups in total. The van der Waals surface area contributed by atoms with Gasteiger partial charge in [-0.3, -0.25) is 0 Å². The minimum absolute atomic E-state index is 0.632. The van der Waals surface area contributed by atoms with E-state index in [1.807, 2.05) is 25.1 Å². The lowest BCUT2D eigenvalue weighted by molar-refractivity contribution is 0.813. The molecule has 2 aromatic rings. The fourth-order valence-corrected chi connectivity index (χ4v) is 2.19. The van der Waals surface area contributed by atoms with Crippen molar-refractivity contribution in [3.63, 3.8) is 0 Å². The molecule has 0 bridgehead atoms. The van der Waals surface area contributed by atoms with Crippen molar-refractivity contribution < 1.29 is 0 Å². The first-order valence-corrected chi connectivity index (χ1v) is 7.50. The minimum Gasteiger partial charge on any atom is -0.354 e. The van der Waals surface area contributed by atoms with Crippen molar-refractivity contribution in [3.8, 4) is 11.4 Å². The van der Waals surface area contributed by atoms with Crippen LogP contribution < -0.4 is 10.2 Å². The van der Waals surface area contributed by atoms with Crippen molar-refractivity contribution in [2.45, 2.75) is 27.7 Å². The number of hydrogen-bond acceptors (Lipinski definition) is 5. The van der Waals surface area contributed by atoms with Gasteiger partial charge in [0.15, 0.2) is 5.82 Å². The summed E-state index contributed by atoms with van der Waals surface area (Å²) in [6.07, 6.45) is 0. The molecule has 1 aromatic heterocycles. The highest BCUT2D eigenvalue weighted by Crippen LogP contribution is 2.22. The molecule has 5 nitrogen and oxygen atoms in total. The van der Waals surface area contributed by atoms with Crippen LogP contribution in [0.2, 0.25) is 0 Å². The van der Waals surface area contributed by atoms with E-state index in [0.29, 0.717) is 5.95 Å². The van der Waals surface area contributed by atoms with Crippen LogP contribution in [-0.4, -0.2) is 34.6 Å². The second-order valence-corrected chi connectivity index (χ2v) is 4.80. The van der Waals surface area contributed by atoms with E-state index in [0.717, 1.165) is 42.5 Å². The van der Waals surface area contributed by atoms with Crippen LogP contribution in [0.25, 0.3) is 11.4 Å². The lowest BCUT2D eigenvalue weighted by Gasteiger charge is -2.19. The molecule has 5 heteroatoms. The standard InChI is InChI=1S/C16H23N5/c1-5-17-15-18-14(13-11-9-8-10-12(13)4)19-16(20-15)21(6-2)7-3/h8-11H,5-7H2,1-4H3,(H,17,18,19,20). The summed E-state index contributed by atoms with van der Waals surface area (Å²) in [5.41, 5.74) is 2.21. The van der Waals surface area contributed by atoms with Gasteiger partial charge in [0.25, 0.3) is 0 Å². The summed E-state index contributed by atoms with van der Waals surface area (Å²) in [4.78, 5) is 15.8. The zero-order chi connectivity index (χ0) is 15.2. The number of nitrogens with zero attached hydrogens (tertiary/aromatic N) is 4. The molecule has 0 unspecified atom stereocenters. The van der Waals surface area contributed by atoms with Crippen LogP contribution in [0.4, 0.5) is 11.9 Å². The molecule has 0 fully saturated rings. The van der Waals surface area contributed by atoms with Gasteiger partial charge in [-0.25, -0.2) is 0 Å². The molecule has 0 saturated heterocycles. The number of nitrogens with one attached hydrogen (secondary N) is 1. The highest BCUT2D eigenvalue weighted by atomic mass is 15.3. The van der Waals surface area contributed by atoms with Crippen LogP contribution in [0.5, 0.6) is 0 Å². The Kier molecular flexibility index (Phi) is 5.09. The van der Waals surface area contributed by atoms with Crippen LogP contribution >= 0.6 is 0 Å². The van der Waals surface area contributed by atoms with Gasteiger partial charge in [-0.05, 0) is 33.3 Å². The Morgan fingerprint density at radius 1 is 1.00 bits per heavy atom. The van der Waals surface area contributed by atoms with E-state index in [4.69, 9.17) is 0 Å². The van der Waals surface area contributed by atoms with E-state index in [1.165, 1.54) is 0 Å². The zero-order valence-electron chi connectivity index (χ0n) is 13.2. The molecule has 0 aliphatic rings. The predicted octanol–water partition coefficient (Wildman–Crippen LogP) is 3.13. The molecule has 0 spiro atoms. The zero-order valence-corrected chi connectivity index (χ0v) is 13.2. The number of rotatable bonds is 6. The Morgan fingerprint density at radius 3 is 2.33 bits per heavy atom. The average Bonchev–Trinajstić information content (AvgIpc) is 2.49. The van der Waals surface area contributed by atoms with Crippen molar-refractivity contribution in [2.75, 3.05) is 29.9 Å². The molecule has 0 atom stereocenters. The van der Waals surface area contributed by atoms with Crippen LogP contribution in [0, 0.1) is 6.92 Å². The van der Waals surface area contributed by atoms with Crippen molar-refractivity contribution >= 4 is 11.9 Å². The van der Waals surface area contributed by atoms with E-state index in [9.17, 15) is 0 Å². The first-order valence-electron chi connectivity index (χ1n) is 7.50. The second-order valence-electron chi connectivity index (χ2n) is 4.80. The summed E-state index contributed by atoms with van der Waals surface area (Å²) in [6, 6.07) is 8.15. The molecule has 0 amide bonds. The highest BCUT2D eigenvalue weighted by Gasteiger charge is 2.13. The Bertz CT molecular complexity index is 593. The lowest BCUT2D eigenvalue weighted by Crippen LogP contribution is -2.25. The van der Waals surface area contributed by atoms with Gasteiger partial charge in [0.05, 0.1) is 0 Å². The average molecular weight is 285 g/mol. The Labute approximate surface area is 126 Å². The molecule has 0 aliphatic carbocycles. The topological polar surface area (TPSA) is 53.9 Å². The molecular formula is C16H23N5. The molecule has 112 valence electrons. The van der Waals surface area contributed by atoms with Crippen molar-refractivity contribution in [1.29, 1.82) is 0 Å². The number of benzene rings is 1. The number of anilines is 2. The Morgan fingerprint density at radius 2 is 1.71 bits per heavy atom. The van der Waals surface area contributed by atoms with Gasteiger partial charge in [0.1, 0.15) is 0 Å². The van der Waals surface area contributed by atoms with E-state index in [-0.39, 0.29) is 0 Å². The van der Waals surface area contributed by atoms with Gasteiger partial charge in [-0.2, -0.15) is 15.0 Å². The third kappa shape index (κ3) is 3.48. The Hall–Kier alpha value is -2.17. The first-order chi connectivity index (χ1) is 10.2. The minimum atomic E-state index is 0.632. The lowest BCUT2D eigenvalue weighted by atomic mass is 10.1. The van der Waals surface area contributed by atoms with Crippen LogP contribution in [0.15, 0.2) is 24.3 Å². The molecule has 2 rings (SSSR count). The predicted molar refractivity (Wildman–Crippen MR) is 87.7 cm³/mol. The van der Waals surface area contributed by atoms with Gasteiger partial charge in [0.2, 0.25) is 11.9 Å². The summed E-state index contributed by atoms with van der Waals surface area (Å²) in [5, 5.41) is 3.19. The van der Waals surface area contributed by atoms with Crippen molar-refractivity contribution in [2.24, 2.45) is 0 Å². The Balaban J connectivity index is 2.52. The third-order valence-corrected chi connectivity index (χ3v) is 3.39. The normalized spacial score (nSPS) is 10.5. The molecule has 0 aliphatic heterocycles. The van der Waals surface area contributed by atoms with E-state index in [2.05, 4.69) is 52.0 Å². The van der Waals surface area contributed by atoms with E-state index < -0.39 is 0 Å². The van der Waals surface area contributed by atoms with Gasteiger partial charge in [-0.1, -0.05) is 24.3 Å². The maximum absolute atomic E-state index is 4.65. The van der Waals surface area contributed by atoms with Gasteiger partial charge >= 0.3 is 0 Å². The van der Waals surface area contributed by atoms with Crippen LogP contribution in [0.1, 0.15) is 26.3 Å². The van der Waals surface area contributed by atoms with E-state index >= 15 is 0 Å². The molecule has 1 heterocycles. The van der Waals surface area contributed by atoms with Crippen molar-refractivity contribution in [3.05, 3.63) is 29.8 Å². The van der Waals surface area contributed by atoms with Crippen LogP contribution in [-0.2, 0) is 0 Å². The molecule has 0 radical (unpaired) electrons. The summed E-state index contributed by atoms with van der Waals surface area (Å²) in [6.45, 7) is 10.9.